The largest absolute Gasteiger partial charge is 0.320 e. The number of carbonyl (C=O) groups excluding carboxylic acids is 1. The zero-order chi connectivity index (χ0) is 25.4. The lowest BCUT2D eigenvalue weighted by Crippen LogP contribution is -2.24. The normalized spacial score (nSPS) is 11.2. The Balaban J connectivity index is 1.71. The van der Waals surface area contributed by atoms with Gasteiger partial charge in [0.2, 0.25) is 11.7 Å². The van der Waals surface area contributed by atoms with Crippen LogP contribution in [0.15, 0.2) is 52.4 Å². The molecule has 4 rings (SSSR count). The summed E-state index contributed by atoms with van der Waals surface area (Å²) in [5.41, 5.74) is 0.750. The van der Waals surface area contributed by atoms with E-state index in [9.17, 15) is 31.5 Å². The molecule has 0 aliphatic heterocycles. The van der Waals surface area contributed by atoms with Gasteiger partial charge in [-0.05, 0) is 37.6 Å². The van der Waals surface area contributed by atoms with Crippen LogP contribution in [0.2, 0.25) is 0 Å². The van der Waals surface area contributed by atoms with Crippen LogP contribution in [-0.2, 0) is 4.79 Å². The van der Waals surface area contributed by atoms with Crippen LogP contribution in [-0.4, -0.2) is 21.2 Å². The molecule has 35 heavy (non-hydrogen) atoms. The van der Waals surface area contributed by atoms with E-state index in [-0.39, 0.29) is 5.16 Å². The quantitative estimate of drug-likeness (QED) is 0.129. The van der Waals surface area contributed by atoms with E-state index in [0.29, 0.717) is 16.6 Å². The molecule has 1 amide bonds. The first kappa shape index (κ1) is 24.4. The number of aryl methyl sites for hydroxylation is 2. The second-order valence-electron chi connectivity index (χ2n) is 7.62. The number of hydrogen-bond acceptors (Lipinski definition) is 4. The Morgan fingerprint density at radius 2 is 1.57 bits per heavy atom. The summed E-state index contributed by atoms with van der Waals surface area (Å²) in [5.74, 6) is -12.6. The van der Waals surface area contributed by atoms with E-state index >= 15 is 0 Å². The van der Waals surface area contributed by atoms with Crippen molar-refractivity contribution in [1.29, 1.82) is 0 Å². The third kappa shape index (κ3) is 4.51. The van der Waals surface area contributed by atoms with Crippen molar-refractivity contribution in [2.24, 2.45) is 0 Å². The number of amides is 1. The van der Waals surface area contributed by atoms with Crippen molar-refractivity contribution in [2.75, 3.05) is 11.1 Å². The topological polar surface area (TPSA) is 64.0 Å². The summed E-state index contributed by atoms with van der Waals surface area (Å²) in [7, 11) is 0. The van der Waals surface area contributed by atoms with Crippen LogP contribution in [0.1, 0.15) is 11.1 Å². The number of halogens is 5. The van der Waals surface area contributed by atoms with Gasteiger partial charge >= 0.3 is 0 Å². The summed E-state index contributed by atoms with van der Waals surface area (Å²) in [4.78, 5) is 30.2. The zero-order valence-electron chi connectivity index (χ0n) is 18.3. The second-order valence-corrected chi connectivity index (χ2v) is 8.57. The molecule has 0 radical (unpaired) electrons. The van der Waals surface area contributed by atoms with Gasteiger partial charge in [0.25, 0.3) is 5.56 Å². The lowest BCUT2D eigenvalue weighted by atomic mass is 10.1. The van der Waals surface area contributed by atoms with Gasteiger partial charge in [0, 0.05) is 0 Å². The van der Waals surface area contributed by atoms with Gasteiger partial charge in [-0.15, -0.1) is 0 Å². The molecule has 0 aliphatic rings. The third-order valence-corrected chi connectivity index (χ3v) is 6.08. The maximum absolute atomic E-state index is 13.9. The molecule has 0 bridgehead atoms. The van der Waals surface area contributed by atoms with Crippen molar-refractivity contribution in [3.8, 4) is 5.69 Å². The average Bonchev–Trinajstić information content (AvgIpc) is 2.84. The SMILES string of the molecule is Cc1ccc(-n2c(SCC(=O)Nc3c(F)c(F)c(F)c(F)c3F)nc3ccccc3c2=O)c(C)c1. The van der Waals surface area contributed by atoms with Crippen molar-refractivity contribution < 1.29 is 26.7 Å². The minimum Gasteiger partial charge on any atom is -0.320 e. The van der Waals surface area contributed by atoms with Crippen LogP contribution in [0.5, 0.6) is 0 Å². The molecule has 0 unspecified atom stereocenters. The van der Waals surface area contributed by atoms with Crippen molar-refractivity contribution in [1.82, 2.24) is 9.55 Å². The molecule has 0 saturated carbocycles. The Labute approximate surface area is 199 Å². The van der Waals surface area contributed by atoms with Gasteiger partial charge in [0.15, 0.2) is 28.4 Å². The Hall–Kier alpha value is -3.73. The highest BCUT2D eigenvalue weighted by Crippen LogP contribution is 2.28. The lowest BCUT2D eigenvalue weighted by molar-refractivity contribution is -0.113. The maximum atomic E-state index is 13.9. The number of rotatable bonds is 5. The van der Waals surface area contributed by atoms with E-state index in [1.54, 1.807) is 48.6 Å². The fraction of sp³-hybridized carbons (Fsp3) is 0.125. The standard InChI is InChI=1S/C24H16F5N3O2S/c1-11-7-8-15(12(2)9-11)32-23(34)13-5-3-4-6-14(13)30-24(32)35-10-16(33)31-22-20(28)18(26)17(25)19(27)21(22)29/h3-9H,10H2,1-2H3,(H,31,33). The molecule has 1 heterocycles. The number of aromatic nitrogens is 2. The van der Waals surface area contributed by atoms with Crippen molar-refractivity contribution in [3.05, 3.63) is 93.0 Å². The highest BCUT2D eigenvalue weighted by atomic mass is 32.2. The third-order valence-electron chi connectivity index (χ3n) is 5.14. The first-order valence-electron chi connectivity index (χ1n) is 10.1. The molecule has 4 aromatic rings. The molecular weight excluding hydrogens is 489 g/mol. The number of nitrogens with zero attached hydrogens (tertiary/aromatic N) is 2. The smallest absolute Gasteiger partial charge is 0.266 e. The summed E-state index contributed by atoms with van der Waals surface area (Å²) < 4.78 is 69.3. The zero-order valence-corrected chi connectivity index (χ0v) is 19.1. The number of fused-ring (bicyclic) bond motifs is 1. The molecule has 0 saturated heterocycles. The van der Waals surface area contributed by atoms with Crippen LogP contribution < -0.4 is 10.9 Å². The molecule has 180 valence electrons. The van der Waals surface area contributed by atoms with E-state index in [0.717, 1.165) is 22.9 Å². The van der Waals surface area contributed by atoms with Crippen molar-refractivity contribution in [3.63, 3.8) is 0 Å². The fourth-order valence-electron chi connectivity index (χ4n) is 3.50. The Kier molecular flexibility index (Phi) is 6.62. The monoisotopic (exact) mass is 505 g/mol. The average molecular weight is 505 g/mol. The molecule has 0 aliphatic carbocycles. The first-order chi connectivity index (χ1) is 16.6. The van der Waals surface area contributed by atoms with Gasteiger partial charge in [0.05, 0.1) is 22.3 Å². The van der Waals surface area contributed by atoms with Crippen LogP contribution in [0.25, 0.3) is 16.6 Å². The number of hydrogen-bond donors (Lipinski definition) is 1. The highest BCUT2D eigenvalue weighted by molar-refractivity contribution is 7.99. The molecule has 3 aromatic carbocycles. The molecular formula is C24H16F5N3O2S. The molecule has 0 atom stereocenters. The van der Waals surface area contributed by atoms with Gasteiger partial charge in [-0.3, -0.25) is 14.2 Å². The number of thioether (sulfide) groups is 1. The van der Waals surface area contributed by atoms with Gasteiger partial charge in [-0.2, -0.15) is 0 Å². The van der Waals surface area contributed by atoms with E-state index < -0.39 is 52.0 Å². The van der Waals surface area contributed by atoms with Crippen LogP contribution in [0.4, 0.5) is 27.6 Å². The number of para-hydroxylation sites is 1. The summed E-state index contributed by atoms with van der Waals surface area (Å²) in [5, 5.41) is 2.16. The van der Waals surface area contributed by atoms with Gasteiger partial charge in [-0.1, -0.05) is 41.6 Å². The van der Waals surface area contributed by atoms with E-state index in [1.165, 1.54) is 4.57 Å². The summed E-state index contributed by atoms with van der Waals surface area (Å²) in [6.45, 7) is 3.69. The highest BCUT2D eigenvalue weighted by Gasteiger charge is 2.27. The van der Waals surface area contributed by atoms with Crippen molar-refractivity contribution in [2.45, 2.75) is 19.0 Å². The maximum Gasteiger partial charge on any atom is 0.266 e. The van der Waals surface area contributed by atoms with Crippen LogP contribution in [0.3, 0.4) is 0 Å². The lowest BCUT2D eigenvalue weighted by Gasteiger charge is -2.16. The van der Waals surface area contributed by atoms with E-state index in [4.69, 9.17) is 0 Å². The first-order valence-corrected chi connectivity index (χ1v) is 11.1. The predicted molar refractivity (Wildman–Crippen MR) is 122 cm³/mol. The van der Waals surface area contributed by atoms with E-state index in [2.05, 4.69) is 4.98 Å². The Morgan fingerprint density at radius 1 is 0.943 bits per heavy atom. The Morgan fingerprint density at radius 3 is 2.23 bits per heavy atom. The number of anilines is 1. The van der Waals surface area contributed by atoms with Crippen molar-refractivity contribution >= 4 is 34.3 Å². The Bertz CT molecular complexity index is 1530. The molecule has 0 spiro atoms. The fourth-order valence-corrected chi connectivity index (χ4v) is 4.30. The van der Waals surface area contributed by atoms with E-state index in [1.807, 2.05) is 13.0 Å². The predicted octanol–water partition coefficient (Wildman–Crippen LogP) is 5.43. The van der Waals surface area contributed by atoms with Gasteiger partial charge < -0.3 is 5.32 Å². The van der Waals surface area contributed by atoms with Crippen LogP contribution >= 0.6 is 11.8 Å². The molecule has 1 N–H and O–H groups in total. The number of nitrogens with one attached hydrogen (secondary N) is 1. The van der Waals surface area contributed by atoms with Gasteiger partial charge in [0.1, 0.15) is 5.69 Å². The van der Waals surface area contributed by atoms with Crippen LogP contribution in [0, 0.1) is 42.9 Å². The molecule has 0 fully saturated rings. The summed E-state index contributed by atoms with van der Waals surface area (Å²) in [6, 6.07) is 12.0. The summed E-state index contributed by atoms with van der Waals surface area (Å²) >= 11 is 0.768. The molecule has 5 nitrogen and oxygen atoms in total. The number of benzene rings is 3. The van der Waals surface area contributed by atoms with Gasteiger partial charge in [-0.25, -0.2) is 26.9 Å². The summed E-state index contributed by atoms with van der Waals surface area (Å²) in [6.07, 6.45) is 0. The second kappa shape index (κ2) is 9.49. The minimum absolute atomic E-state index is 0.105. The minimum atomic E-state index is -2.33. The number of carbonyl (C=O) groups is 1. The molecule has 1 aromatic heterocycles. The molecule has 11 heteroatoms.